The van der Waals surface area contributed by atoms with Gasteiger partial charge >= 0.3 is 0 Å². The maximum atomic E-state index is 11.4. The zero-order valence-electron chi connectivity index (χ0n) is 23.1. The molecule has 0 aliphatic rings. The van der Waals surface area contributed by atoms with Crippen LogP contribution in [0.2, 0.25) is 10.0 Å². The van der Waals surface area contributed by atoms with Crippen molar-refractivity contribution in [3.63, 3.8) is 0 Å². The number of nitro groups is 4. The van der Waals surface area contributed by atoms with E-state index in [1.807, 2.05) is 0 Å². The van der Waals surface area contributed by atoms with Crippen molar-refractivity contribution in [3.8, 4) is 0 Å². The van der Waals surface area contributed by atoms with Crippen LogP contribution in [0.25, 0.3) is 0 Å². The van der Waals surface area contributed by atoms with E-state index in [1.54, 1.807) is 34.1 Å². The number of non-ortho nitro benzene ring substituents is 2. The van der Waals surface area contributed by atoms with E-state index >= 15 is 0 Å². The Morgan fingerprint density at radius 3 is 0.913 bits per heavy atom. The van der Waals surface area contributed by atoms with Crippen LogP contribution in [-0.4, -0.2) is 19.7 Å². The van der Waals surface area contributed by atoms with Crippen molar-refractivity contribution in [2.75, 3.05) is 9.80 Å². The lowest BCUT2D eigenvalue weighted by atomic mass is 10.1. The van der Waals surface area contributed by atoms with Gasteiger partial charge in [-0.3, -0.25) is 40.5 Å². The number of anilines is 6. The maximum absolute atomic E-state index is 11.4. The first-order valence-electron chi connectivity index (χ1n) is 13.0. The van der Waals surface area contributed by atoms with E-state index in [0.717, 1.165) is 0 Å². The zero-order chi connectivity index (χ0) is 33.1. The molecule has 16 heteroatoms. The van der Waals surface area contributed by atoms with Crippen LogP contribution in [0.5, 0.6) is 0 Å². The zero-order valence-corrected chi connectivity index (χ0v) is 24.6. The van der Waals surface area contributed by atoms with Gasteiger partial charge < -0.3 is 9.80 Å². The molecule has 0 aromatic heterocycles. The van der Waals surface area contributed by atoms with E-state index in [0.29, 0.717) is 34.1 Å². The molecule has 0 fully saturated rings. The number of rotatable bonds is 10. The minimum absolute atomic E-state index is 0.123. The van der Waals surface area contributed by atoms with Crippen LogP contribution in [-0.2, 0) is 0 Å². The van der Waals surface area contributed by atoms with E-state index in [-0.39, 0.29) is 32.8 Å². The molecule has 0 saturated carbocycles. The highest BCUT2D eigenvalue weighted by Crippen LogP contribution is 2.42. The van der Waals surface area contributed by atoms with Crippen LogP contribution in [0.3, 0.4) is 0 Å². The van der Waals surface area contributed by atoms with Gasteiger partial charge in [0, 0.05) is 70.5 Å². The molecule has 0 saturated heterocycles. The van der Waals surface area contributed by atoms with Crippen molar-refractivity contribution >= 4 is 80.1 Å². The summed E-state index contributed by atoms with van der Waals surface area (Å²) in [7, 11) is 0. The van der Waals surface area contributed by atoms with E-state index in [9.17, 15) is 40.5 Å². The molecule has 0 radical (unpaired) electrons. The van der Waals surface area contributed by atoms with Crippen LogP contribution < -0.4 is 9.80 Å². The smallest absolute Gasteiger partial charge is 0.288 e. The lowest BCUT2D eigenvalue weighted by Gasteiger charge is -2.28. The Labute approximate surface area is 268 Å². The summed E-state index contributed by atoms with van der Waals surface area (Å²) < 4.78 is 0. The number of hydrogen-bond acceptors (Lipinski definition) is 10. The molecule has 0 aliphatic carbocycles. The number of benzene rings is 5. The highest BCUT2D eigenvalue weighted by molar-refractivity contribution is 6.33. The molecular weight excluding hydrogens is 643 g/mol. The third kappa shape index (κ3) is 6.38. The molecule has 5 aromatic carbocycles. The fraction of sp³-hybridized carbons (Fsp3) is 0. The second kappa shape index (κ2) is 12.9. The average Bonchev–Trinajstić information content (AvgIpc) is 3.02. The van der Waals surface area contributed by atoms with Gasteiger partial charge in [0.05, 0.1) is 19.7 Å². The van der Waals surface area contributed by atoms with Crippen molar-refractivity contribution in [2.24, 2.45) is 0 Å². The van der Waals surface area contributed by atoms with E-state index in [4.69, 9.17) is 23.2 Å². The molecule has 0 amide bonds. The minimum atomic E-state index is -0.626. The fourth-order valence-electron chi connectivity index (χ4n) is 4.66. The van der Waals surface area contributed by atoms with Crippen molar-refractivity contribution < 1.29 is 19.7 Å². The highest BCUT2D eigenvalue weighted by atomic mass is 35.5. The van der Waals surface area contributed by atoms with E-state index in [2.05, 4.69) is 0 Å². The Bertz CT molecular complexity index is 1870. The first-order chi connectivity index (χ1) is 21.9. The standard InChI is InChI=1S/C30H18Cl2N6O8/c31-27-17-25(13-15-29(27)37(43)44)34(26-14-16-30(38(45)46)28(32)18-26)22-3-1-19(2-4-22)33(20-5-9-23(10-6-20)35(39)40)21-7-11-24(12-8-21)36(41)42/h1-18H. The molecule has 14 nitrogen and oxygen atoms in total. The first-order valence-corrected chi connectivity index (χ1v) is 13.8. The van der Waals surface area contributed by atoms with Gasteiger partial charge in [0.15, 0.2) is 0 Å². The summed E-state index contributed by atoms with van der Waals surface area (Å²) in [5.41, 5.74) is 2.01. The molecule has 5 rings (SSSR count). The Morgan fingerprint density at radius 1 is 0.391 bits per heavy atom. The lowest BCUT2D eigenvalue weighted by molar-refractivity contribution is -0.385. The second-order valence-corrected chi connectivity index (χ2v) is 10.3. The molecule has 0 atom stereocenters. The van der Waals surface area contributed by atoms with Gasteiger partial charge in [-0.25, -0.2) is 0 Å². The summed E-state index contributed by atoms with van der Waals surface area (Å²) in [5.74, 6) is 0. The van der Waals surface area contributed by atoms with Gasteiger partial charge in [-0.1, -0.05) is 23.2 Å². The monoisotopic (exact) mass is 660 g/mol. The maximum Gasteiger partial charge on any atom is 0.288 e. The fourth-order valence-corrected chi connectivity index (χ4v) is 5.15. The van der Waals surface area contributed by atoms with Crippen LogP contribution >= 0.6 is 23.2 Å². The summed E-state index contributed by atoms with van der Waals surface area (Å²) in [4.78, 5) is 46.3. The van der Waals surface area contributed by atoms with Crippen molar-refractivity contribution in [3.05, 3.63) is 160 Å². The first kappa shape index (κ1) is 31.3. The van der Waals surface area contributed by atoms with E-state index in [1.165, 1.54) is 84.9 Å². The second-order valence-electron chi connectivity index (χ2n) is 9.52. The molecule has 0 spiro atoms. The summed E-state index contributed by atoms with van der Waals surface area (Å²) in [6.45, 7) is 0. The Hall–Kier alpha value is -6.12. The SMILES string of the molecule is O=[N+]([O-])c1ccc(N(c2ccc(N(c3ccc([N+](=O)[O-])c(Cl)c3)c3ccc([N+](=O)[O-])c(Cl)c3)cc2)c2ccc([N+](=O)[O-])cc2)cc1. The molecular formula is C30H18Cl2N6O8. The third-order valence-electron chi connectivity index (χ3n) is 6.78. The Morgan fingerprint density at radius 2 is 0.652 bits per heavy atom. The van der Waals surface area contributed by atoms with Crippen LogP contribution in [0.15, 0.2) is 109 Å². The summed E-state index contributed by atoms with van der Waals surface area (Å²) >= 11 is 12.5. The Balaban J connectivity index is 1.62. The molecule has 5 aromatic rings. The van der Waals surface area contributed by atoms with Crippen molar-refractivity contribution in [1.29, 1.82) is 0 Å². The van der Waals surface area contributed by atoms with Gasteiger partial charge in [0.25, 0.3) is 22.7 Å². The van der Waals surface area contributed by atoms with Gasteiger partial charge in [-0.05, 0) is 72.8 Å². The van der Waals surface area contributed by atoms with Crippen molar-refractivity contribution in [1.82, 2.24) is 0 Å². The molecule has 0 aliphatic heterocycles. The lowest BCUT2D eigenvalue weighted by Crippen LogP contribution is -2.12. The number of nitrogens with zero attached hydrogens (tertiary/aromatic N) is 6. The van der Waals surface area contributed by atoms with Gasteiger partial charge in [0.1, 0.15) is 10.0 Å². The molecule has 0 unspecified atom stereocenters. The summed E-state index contributed by atoms with van der Waals surface area (Å²) in [5, 5.41) is 45.0. The molecule has 230 valence electrons. The summed E-state index contributed by atoms with van der Waals surface area (Å²) in [6.07, 6.45) is 0. The van der Waals surface area contributed by atoms with Gasteiger partial charge in [0.2, 0.25) is 0 Å². The number of halogens is 2. The topological polar surface area (TPSA) is 179 Å². The predicted octanol–water partition coefficient (Wildman–Crippen LogP) is 9.57. The highest BCUT2D eigenvalue weighted by Gasteiger charge is 2.22. The number of hydrogen-bond donors (Lipinski definition) is 0. The molecule has 0 N–H and O–H groups in total. The molecule has 0 bridgehead atoms. The van der Waals surface area contributed by atoms with Crippen molar-refractivity contribution in [2.45, 2.75) is 0 Å². The van der Waals surface area contributed by atoms with Gasteiger partial charge in [-0.2, -0.15) is 0 Å². The molecule has 0 heterocycles. The largest absolute Gasteiger partial charge is 0.310 e. The van der Waals surface area contributed by atoms with Crippen LogP contribution in [0, 0.1) is 40.5 Å². The van der Waals surface area contributed by atoms with E-state index < -0.39 is 19.7 Å². The average molecular weight is 661 g/mol. The van der Waals surface area contributed by atoms with Crippen LogP contribution in [0.4, 0.5) is 56.9 Å². The normalized spacial score (nSPS) is 10.7. The molecule has 46 heavy (non-hydrogen) atoms. The van der Waals surface area contributed by atoms with Gasteiger partial charge in [-0.15, -0.1) is 0 Å². The third-order valence-corrected chi connectivity index (χ3v) is 7.38. The number of nitro benzene ring substituents is 4. The Kier molecular flexibility index (Phi) is 8.75. The quantitative estimate of drug-likeness (QED) is 0.103. The minimum Gasteiger partial charge on any atom is -0.310 e. The predicted molar refractivity (Wildman–Crippen MR) is 172 cm³/mol. The van der Waals surface area contributed by atoms with Crippen LogP contribution in [0.1, 0.15) is 0 Å². The summed E-state index contributed by atoms with van der Waals surface area (Å²) in [6, 6.07) is 26.5.